The molecule has 1 atom stereocenters. The summed E-state index contributed by atoms with van der Waals surface area (Å²) >= 11 is 0. The summed E-state index contributed by atoms with van der Waals surface area (Å²) in [6.07, 6.45) is 5.29. The van der Waals surface area contributed by atoms with Gasteiger partial charge in [-0.25, -0.2) is 0 Å². The van der Waals surface area contributed by atoms with Gasteiger partial charge in [0.2, 0.25) is 0 Å². The van der Waals surface area contributed by atoms with Crippen molar-refractivity contribution in [3.8, 4) is 0 Å². The van der Waals surface area contributed by atoms with Gasteiger partial charge in [0, 0.05) is 5.54 Å². The van der Waals surface area contributed by atoms with Crippen molar-refractivity contribution >= 4 is 0 Å². The monoisotopic (exact) mass is 154 g/mol. The second-order valence-corrected chi connectivity index (χ2v) is 4.63. The number of nitrogens with two attached hydrogens (primary N) is 1. The Morgan fingerprint density at radius 3 is 2.36 bits per heavy atom. The van der Waals surface area contributed by atoms with E-state index in [1.54, 1.807) is 0 Å². The number of hydrogen-bond acceptors (Lipinski definition) is 2. The van der Waals surface area contributed by atoms with Crippen LogP contribution in [0.1, 0.15) is 39.5 Å². The van der Waals surface area contributed by atoms with E-state index in [0.717, 1.165) is 5.92 Å². The Morgan fingerprint density at radius 2 is 2.00 bits per heavy atom. The predicted octanol–water partition coefficient (Wildman–Crippen LogP) is 1.42. The standard InChI is InChI=1S/C9H18N2/c1-3-7(2)8-4-9(5-8,6-8)11-10/h7,11H,3-6,10H2,1-2H3. The van der Waals surface area contributed by atoms with Gasteiger partial charge in [-0.2, -0.15) is 0 Å². The summed E-state index contributed by atoms with van der Waals surface area (Å²) in [6, 6.07) is 0. The Bertz CT molecular complexity index is 157. The van der Waals surface area contributed by atoms with Crippen LogP contribution in [-0.4, -0.2) is 5.54 Å². The molecule has 0 amide bonds. The zero-order chi connectivity index (χ0) is 8.11. The molecule has 0 saturated heterocycles. The van der Waals surface area contributed by atoms with Gasteiger partial charge in [-0.15, -0.1) is 0 Å². The first-order valence-corrected chi connectivity index (χ1v) is 4.64. The van der Waals surface area contributed by atoms with Crippen LogP contribution in [0.4, 0.5) is 0 Å². The number of hydrazine groups is 1. The lowest BCUT2D eigenvalue weighted by atomic mass is 9.36. The molecule has 3 fully saturated rings. The number of nitrogens with one attached hydrogen (secondary N) is 1. The van der Waals surface area contributed by atoms with Gasteiger partial charge in [0.15, 0.2) is 0 Å². The second kappa shape index (κ2) is 1.99. The minimum absolute atomic E-state index is 0.378. The molecular weight excluding hydrogens is 136 g/mol. The molecular formula is C9H18N2. The van der Waals surface area contributed by atoms with E-state index in [1.165, 1.54) is 25.7 Å². The molecule has 0 radical (unpaired) electrons. The largest absolute Gasteiger partial charge is 0.271 e. The average Bonchev–Trinajstić information content (AvgIpc) is 1.83. The normalized spacial score (nSPS) is 49.4. The van der Waals surface area contributed by atoms with Crippen LogP contribution in [-0.2, 0) is 0 Å². The maximum Gasteiger partial charge on any atom is 0.0337 e. The highest BCUT2D eigenvalue weighted by Gasteiger charge is 2.68. The summed E-state index contributed by atoms with van der Waals surface area (Å²) in [5, 5.41) is 0. The minimum atomic E-state index is 0.378. The Morgan fingerprint density at radius 1 is 1.45 bits per heavy atom. The van der Waals surface area contributed by atoms with Crippen molar-refractivity contribution in [1.29, 1.82) is 0 Å². The molecule has 64 valence electrons. The molecule has 3 aliphatic carbocycles. The SMILES string of the molecule is CCC(C)C12CC(NN)(C1)C2. The highest BCUT2D eigenvalue weighted by molar-refractivity contribution is 5.23. The third-order valence-corrected chi connectivity index (χ3v) is 4.04. The molecule has 0 heterocycles. The molecule has 3 N–H and O–H groups in total. The van der Waals surface area contributed by atoms with Gasteiger partial charge in [0.1, 0.15) is 0 Å². The van der Waals surface area contributed by atoms with Crippen LogP contribution in [0.5, 0.6) is 0 Å². The van der Waals surface area contributed by atoms with Gasteiger partial charge in [-0.1, -0.05) is 20.3 Å². The van der Waals surface area contributed by atoms with E-state index < -0.39 is 0 Å². The van der Waals surface area contributed by atoms with Crippen molar-refractivity contribution < 1.29 is 0 Å². The summed E-state index contributed by atoms with van der Waals surface area (Å²) < 4.78 is 0. The number of rotatable bonds is 3. The van der Waals surface area contributed by atoms with Crippen LogP contribution in [0.2, 0.25) is 0 Å². The van der Waals surface area contributed by atoms with E-state index in [4.69, 9.17) is 5.84 Å². The summed E-state index contributed by atoms with van der Waals surface area (Å²) in [6.45, 7) is 4.66. The topological polar surface area (TPSA) is 38.0 Å². The van der Waals surface area contributed by atoms with Crippen LogP contribution in [0.25, 0.3) is 0 Å². The van der Waals surface area contributed by atoms with Crippen molar-refractivity contribution in [2.45, 2.75) is 45.1 Å². The first-order valence-electron chi connectivity index (χ1n) is 4.64. The maximum absolute atomic E-state index is 5.46. The molecule has 0 aliphatic heterocycles. The Balaban J connectivity index is 1.93. The summed E-state index contributed by atoms with van der Waals surface area (Å²) in [7, 11) is 0. The summed E-state index contributed by atoms with van der Waals surface area (Å²) in [5.74, 6) is 6.36. The third kappa shape index (κ3) is 0.744. The molecule has 3 aliphatic rings. The first kappa shape index (κ1) is 7.56. The highest BCUT2D eigenvalue weighted by Crippen LogP contribution is 2.70. The molecule has 0 aromatic heterocycles. The Labute approximate surface area is 68.5 Å². The predicted molar refractivity (Wildman–Crippen MR) is 45.8 cm³/mol. The van der Waals surface area contributed by atoms with Gasteiger partial charge in [-0.05, 0) is 30.6 Å². The molecule has 11 heavy (non-hydrogen) atoms. The van der Waals surface area contributed by atoms with Crippen molar-refractivity contribution in [3.63, 3.8) is 0 Å². The lowest BCUT2D eigenvalue weighted by Gasteiger charge is -2.72. The second-order valence-electron chi connectivity index (χ2n) is 4.63. The van der Waals surface area contributed by atoms with Crippen molar-refractivity contribution in [1.82, 2.24) is 5.43 Å². The minimum Gasteiger partial charge on any atom is -0.271 e. The van der Waals surface area contributed by atoms with Crippen LogP contribution in [0, 0.1) is 11.3 Å². The van der Waals surface area contributed by atoms with E-state index in [2.05, 4.69) is 19.3 Å². The fourth-order valence-corrected chi connectivity index (χ4v) is 2.98. The fourth-order valence-electron chi connectivity index (χ4n) is 2.98. The van der Waals surface area contributed by atoms with E-state index in [-0.39, 0.29) is 0 Å². The zero-order valence-corrected chi connectivity index (χ0v) is 7.48. The highest BCUT2D eigenvalue weighted by atomic mass is 15.3. The van der Waals surface area contributed by atoms with E-state index in [1.807, 2.05) is 0 Å². The van der Waals surface area contributed by atoms with Crippen LogP contribution in [0.3, 0.4) is 0 Å². The molecule has 0 aromatic carbocycles. The van der Waals surface area contributed by atoms with E-state index >= 15 is 0 Å². The third-order valence-electron chi connectivity index (χ3n) is 4.04. The molecule has 3 rings (SSSR count). The first-order chi connectivity index (χ1) is 5.16. The van der Waals surface area contributed by atoms with Crippen LogP contribution >= 0.6 is 0 Å². The van der Waals surface area contributed by atoms with Crippen LogP contribution < -0.4 is 11.3 Å². The Hall–Kier alpha value is -0.0800. The summed E-state index contributed by atoms with van der Waals surface area (Å²) in [4.78, 5) is 0. The Kier molecular flexibility index (Phi) is 1.37. The lowest BCUT2D eigenvalue weighted by Crippen LogP contribution is -2.76. The van der Waals surface area contributed by atoms with Crippen molar-refractivity contribution in [2.75, 3.05) is 0 Å². The number of hydrogen-bond donors (Lipinski definition) is 2. The average molecular weight is 154 g/mol. The molecule has 2 heteroatoms. The maximum atomic E-state index is 5.46. The molecule has 2 bridgehead atoms. The van der Waals surface area contributed by atoms with Gasteiger partial charge in [0.05, 0.1) is 0 Å². The van der Waals surface area contributed by atoms with E-state index in [0.29, 0.717) is 11.0 Å². The molecule has 0 aromatic rings. The fraction of sp³-hybridized carbons (Fsp3) is 1.00. The quantitative estimate of drug-likeness (QED) is 0.476. The van der Waals surface area contributed by atoms with Crippen LogP contribution in [0.15, 0.2) is 0 Å². The lowest BCUT2D eigenvalue weighted by molar-refractivity contribution is -0.188. The van der Waals surface area contributed by atoms with Gasteiger partial charge < -0.3 is 0 Å². The smallest absolute Gasteiger partial charge is 0.0337 e. The van der Waals surface area contributed by atoms with Crippen molar-refractivity contribution in [3.05, 3.63) is 0 Å². The van der Waals surface area contributed by atoms with Crippen molar-refractivity contribution in [2.24, 2.45) is 17.2 Å². The van der Waals surface area contributed by atoms with Gasteiger partial charge in [0.25, 0.3) is 0 Å². The van der Waals surface area contributed by atoms with E-state index in [9.17, 15) is 0 Å². The molecule has 1 unspecified atom stereocenters. The van der Waals surface area contributed by atoms with Gasteiger partial charge >= 0.3 is 0 Å². The molecule has 3 saturated carbocycles. The summed E-state index contributed by atoms with van der Waals surface area (Å²) in [5.41, 5.74) is 4.02. The zero-order valence-electron chi connectivity index (χ0n) is 7.48. The molecule has 0 spiro atoms. The van der Waals surface area contributed by atoms with Gasteiger partial charge in [-0.3, -0.25) is 11.3 Å². The molecule has 2 nitrogen and oxygen atoms in total.